The normalized spacial score (nSPS) is 10.6. The SMILES string of the molecule is CN(C)CCCN(C)c1ccc([N+](=O)[O-])c(C(N)=O)c1. The van der Waals surface area contributed by atoms with E-state index in [4.69, 9.17) is 5.73 Å². The van der Waals surface area contributed by atoms with Gasteiger partial charge in [-0.3, -0.25) is 14.9 Å². The van der Waals surface area contributed by atoms with Gasteiger partial charge in [-0.25, -0.2) is 0 Å². The van der Waals surface area contributed by atoms with Gasteiger partial charge in [0.2, 0.25) is 0 Å². The van der Waals surface area contributed by atoms with Crippen molar-refractivity contribution in [3.05, 3.63) is 33.9 Å². The number of carbonyl (C=O) groups is 1. The molecule has 0 bridgehead atoms. The van der Waals surface area contributed by atoms with Gasteiger partial charge in [-0.05, 0) is 39.2 Å². The molecular weight excluding hydrogens is 260 g/mol. The Morgan fingerprint density at radius 3 is 2.45 bits per heavy atom. The first-order valence-corrected chi connectivity index (χ1v) is 6.27. The Morgan fingerprint density at radius 2 is 1.95 bits per heavy atom. The summed E-state index contributed by atoms with van der Waals surface area (Å²) in [5, 5.41) is 10.8. The molecule has 7 heteroatoms. The molecule has 0 spiro atoms. The Kier molecular flexibility index (Phi) is 5.45. The second-order valence-electron chi connectivity index (χ2n) is 4.90. The van der Waals surface area contributed by atoms with E-state index in [2.05, 4.69) is 4.90 Å². The average Bonchev–Trinajstić information content (AvgIpc) is 2.37. The number of nitrogens with zero attached hydrogens (tertiary/aromatic N) is 3. The monoisotopic (exact) mass is 280 g/mol. The smallest absolute Gasteiger partial charge is 0.282 e. The fourth-order valence-corrected chi connectivity index (χ4v) is 1.87. The molecule has 0 aliphatic carbocycles. The van der Waals surface area contributed by atoms with Gasteiger partial charge in [-0.15, -0.1) is 0 Å². The molecule has 0 unspecified atom stereocenters. The molecule has 0 aliphatic rings. The minimum absolute atomic E-state index is 0.0630. The molecule has 1 rings (SSSR count). The quantitative estimate of drug-likeness (QED) is 0.596. The number of anilines is 1. The minimum atomic E-state index is -0.791. The zero-order valence-electron chi connectivity index (χ0n) is 12.0. The summed E-state index contributed by atoms with van der Waals surface area (Å²) in [6.07, 6.45) is 0.951. The topological polar surface area (TPSA) is 92.7 Å². The highest BCUT2D eigenvalue weighted by Gasteiger charge is 2.19. The molecule has 0 fully saturated rings. The lowest BCUT2D eigenvalue weighted by atomic mass is 10.1. The van der Waals surface area contributed by atoms with Crippen LogP contribution in [0.3, 0.4) is 0 Å². The summed E-state index contributed by atoms with van der Waals surface area (Å²) in [4.78, 5) is 25.6. The lowest BCUT2D eigenvalue weighted by molar-refractivity contribution is -0.385. The molecular formula is C13H20N4O3. The van der Waals surface area contributed by atoms with Crippen molar-refractivity contribution in [3.8, 4) is 0 Å². The molecule has 1 amide bonds. The number of nitro groups is 1. The van der Waals surface area contributed by atoms with Gasteiger partial charge < -0.3 is 15.5 Å². The van der Waals surface area contributed by atoms with Crippen molar-refractivity contribution < 1.29 is 9.72 Å². The molecule has 0 aliphatic heterocycles. The van der Waals surface area contributed by atoms with Crippen molar-refractivity contribution in [1.29, 1.82) is 0 Å². The number of nitro benzene ring substituents is 1. The van der Waals surface area contributed by atoms with E-state index in [-0.39, 0.29) is 11.3 Å². The van der Waals surface area contributed by atoms with Gasteiger partial charge in [-0.2, -0.15) is 0 Å². The second kappa shape index (κ2) is 6.85. The van der Waals surface area contributed by atoms with E-state index in [0.29, 0.717) is 0 Å². The predicted octanol–water partition coefficient (Wildman–Crippen LogP) is 1.08. The third kappa shape index (κ3) is 4.20. The Morgan fingerprint density at radius 1 is 1.30 bits per heavy atom. The van der Waals surface area contributed by atoms with Crippen LogP contribution in [0.1, 0.15) is 16.8 Å². The zero-order chi connectivity index (χ0) is 15.3. The van der Waals surface area contributed by atoms with Crippen LogP contribution in [0, 0.1) is 10.1 Å². The van der Waals surface area contributed by atoms with Gasteiger partial charge in [0.15, 0.2) is 0 Å². The molecule has 0 heterocycles. The van der Waals surface area contributed by atoms with E-state index in [1.807, 2.05) is 26.0 Å². The summed E-state index contributed by atoms with van der Waals surface area (Å²) in [6, 6.07) is 4.41. The Hall–Kier alpha value is -2.15. The fraction of sp³-hybridized carbons (Fsp3) is 0.462. The third-order valence-corrected chi connectivity index (χ3v) is 2.98. The molecule has 0 aromatic heterocycles. The Balaban J connectivity index is 2.88. The fourth-order valence-electron chi connectivity index (χ4n) is 1.87. The van der Waals surface area contributed by atoms with Gasteiger partial charge in [-0.1, -0.05) is 0 Å². The maximum absolute atomic E-state index is 11.3. The van der Waals surface area contributed by atoms with Crippen LogP contribution < -0.4 is 10.6 Å². The molecule has 1 aromatic carbocycles. The molecule has 0 saturated carbocycles. The number of carbonyl (C=O) groups excluding carboxylic acids is 1. The van der Waals surface area contributed by atoms with E-state index in [9.17, 15) is 14.9 Å². The highest BCUT2D eigenvalue weighted by Crippen LogP contribution is 2.24. The first-order chi connectivity index (χ1) is 9.32. The highest BCUT2D eigenvalue weighted by atomic mass is 16.6. The van der Waals surface area contributed by atoms with E-state index >= 15 is 0 Å². The lowest BCUT2D eigenvalue weighted by Crippen LogP contribution is -2.24. The van der Waals surface area contributed by atoms with Crippen molar-refractivity contribution in [1.82, 2.24) is 4.90 Å². The largest absolute Gasteiger partial charge is 0.375 e. The number of rotatable bonds is 7. The van der Waals surface area contributed by atoms with Crippen LogP contribution in [0.2, 0.25) is 0 Å². The van der Waals surface area contributed by atoms with Gasteiger partial charge in [0, 0.05) is 25.3 Å². The van der Waals surface area contributed by atoms with Crippen LogP contribution in [-0.4, -0.2) is 50.0 Å². The number of benzene rings is 1. The summed E-state index contributed by atoms with van der Waals surface area (Å²) in [5.41, 5.74) is 5.61. The zero-order valence-corrected chi connectivity index (χ0v) is 12.0. The van der Waals surface area contributed by atoms with Gasteiger partial charge in [0.25, 0.3) is 11.6 Å². The standard InChI is InChI=1S/C13H20N4O3/c1-15(2)7-4-8-16(3)10-5-6-12(17(19)20)11(9-10)13(14)18/h5-6,9H,4,7-8H2,1-3H3,(H2,14,18). The van der Waals surface area contributed by atoms with E-state index < -0.39 is 10.8 Å². The van der Waals surface area contributed by atoms with Crippen molar-refractivity contribution in [2.45, 2.75) is 6.42 Å². The van der Waals surface area contributed by atoms with Crippen LogP contribution in [0.15, 0.2) is 18.2 Å². The van der Waals surface area contributed by atoms with E-state index in [0.717, 1.165) is 25.2 Å². The number of nitrogens with two attached hydrogens (primary N) is 1. The third-order valence-electron chi connectivity index (χ3n) is 2.98. The number of amides is 1. The summed E-state index contributed by atoms with van der Waals surface area (Å²) in [7, 11) is 5.87. The Labute approximate surface area is 118 Å². The number of hydrogen-bond donors (Lipinski definition) is 1. The molecule has 0 saturated heterocycles. The summed E-state index contributed by atoms with van der Waals surface area (Å²) < 4.78 is 0. The van der Waals surface area contributed by atoms with Crippen molar-refractivity contribution in [3.63, 3.8) is 0 Å². The van der Waals surface area contributed by atoms with E-state index in [1.165, 1.54) is 12.1 Å². The highest BCUT2D eigenvalue weighted by molar-refractivity contribution is 5.98. The maximum Gasteiger partial charge on any atom is 0.282 e. The summed E-state index contributed by atoms with van der Waals surface area (Å²) >= 11 is 0. The van der Waals surface area contributed by atoms with Crippen LogP contribution in [-0.2, 0) is 0 Å². The van der Waals surface area contributed by atoms with Crippen LogP contribution in [0.4, 0.5) is 11.4 Å². The van der Waals surface area contributed by atoms with Gasteiger partial charge >= 0.3 is 0 Å². The lowest BCUT2D eigenvalue weighted by Gasteiger charge is -2.20. The summed E-state index contributed by atoms with van der Waals surface area (Å²) in [6.45, 7) is 1.73. The summed E-state index contributed by atoms with van der Waals surface area (Å²) in [5.74, 6) is -0.791. The van der Waals surface area contributed by atoms with Crippen LogP contribution in [0.5, 0.6) is 0 Å². The molecule has 0 radical (unpaired) electrons. The second-order valence-corrected chi connectivity index (χ2v) is 4.90. The van der Waals surface area contributed by atoms with Crippen LogP contribution >= 0.6 is 0 Å². The predicted molar refractivity (Wildman–Crippen MR) is 78.1 cm³/mol. The van der Waals surface area contributed by atoms with Crippen LogP contribution in [0.25, 0.3) is 0 Å². The molecule has 0 atom stereocenters. The van der Waals surface area contributed by atoms with Crippen molar-refractivity contribution in [2.75, 3.05) is 39.1 Å². The Bertz CT molecular complexity index is 502. The maximum atomic E-state index is 11.3. The van der Waals surface area contributed by atoms with E-state index in [1.54, 1.807) is 6.07 Å². The molecule has 20 heavy (non-hydrogen) atoms. The van der Waals surface area contributed by atoms with Gasteiger partial charge in [0.1, 0.15) is 5.56 Å². The van der Waals surface area contributed by atoms with Crippen molar-refractivity contribution in [2.24, 2.45) is 5.73 Å². The van der Waals surface area contributed by atoms with Crippen molar-refractivity contribution >= 4 is 17.3 Å². The number of primary amides is 1. The molecule has 1 aromatic rings. The first-order valence-electron chi connectivity index (χ1n) is 6.27. The number of hydrogen-bond acceptors (Lipinski definition) is 5. The van der Waals surface area contributed by atoms with Gasteiger partial charge in [0.05, 0.1) is 4.92 Å². The average molecular weight is 280 g/mol. The molecule has 110 valence electrons. The molecule has 7 nitrogen and oxygen atoms in total. The minimum Gasteiger partial charge on any atom is -0.375 e. The first kappa shape index (κ1) is 15.9. The molecule has 2 N–H and O–H groups in total.